The summed E-state index contributed by atoms with van der Waals surface area (Å²) in [4.78, 5) is 2.32. The molecule has 7 heteroatoms. The lowest BCUT2D eigenvalue weighted by Gasteiger charge is -2.28. The Kier molecular flexibility index (Phi) is 5.51. The number of aryl methyl sites for hydroxylation is 2. The van der Waals surface area contributed by atoms with Crippen molar-refractivity contribution in [1.82, 2.24) is 4.57 Å². The number of halogens is 1. The van der Waals surface area contributed by atoms with Gasteiger partial charge in [0.25, 0.3) is 0 Å². The van der Waals surface area contributed by atoms with Crippen molar-refractivity contribution in [2.45, 2.75) is 0 Å². The van der Waals surface area contributed by atoms with E-state index in [9.17, 15) is 0 Å². The van der Waals surface area contributed by atoms with Crippen LogP contribution in [0, 0.1) is 0 Å². The van der Waals surface area contributed by atoms with Crippen molar-refractivity contribution in [2.75, 3.05) is 31.2 Å². The van der Waals surface area contributed by atoms with Gasteiger partial charge in [-0.2, -0.15) is 0 Å². The number of rotatable bonds is 3. The molecule has 22 heavy (non-hydrogen) atoms. The SMILES string of the molecule is Cn1cc[n+](C)c1N=Nc1ccc(N2CCOCC2)cc1.[Cl-]. The second-order valence-corrected chi connectivity index (χ2v) is 5.14. The van der Waals surface area contributed by atoms with Gasteiger partial charge in [-0.05, 0) is 24.3 Å². The van der Waals surface area contributed by atoms with E-state index in [1.807, 2.05) is 47.8 Å². The zero-order valence-electron chi connectivity index (χ0n) is 12.8. The summed E-state index contributed by atoms with van der Waals surface area (Å²) in [5.74, 6) is 0.812. The van der Waals surface area contributed by atoms with Crippen LogP contribution in [0.3, 0.4) is 0 Å². The molecule has 118 valence electrons. The number of azo groups is 1. The second-order valence-electron chi connectivity index (χ2n) is 5.14. The van der Waals surface area contributed by atoms with Gasteiger partial charge in [0.05, 0.1) is 39.7 Å². The number of anilines is 1. The van der Waals surface area contributed by atoms with E-state index < -0.39 is 0 Å². The van der Waals surface area contributed by atoms with Crippen LogP contribution in [0.4, 0.5) is 17.3 Å². The molecule has 0 N–H and O–H groups in total. The quantitative estimate of drug-likeness (QED) is 0.544. The number of hydrogen-bond donors (Lipinski definition) is 0. The average molecular weight is 322 g/mol. The number of imidazole rings is 1. The van der Waals surface area contributed by atoms with Gasteiger partial charge in [-0.1, -0.05) is 5.11 Å². The molecule has 0 saturated carbocycles. The van der Waals surface area contributed by atoms with Gasteiger partial charge in [0.2, 0.25) is 0 Å². The molecule has 0 bridgehead atoms. The van der Waals surface area contributed by atoms with Gasteiger partial charge in [-0.15, -0.1) is 0 Å². The van der Waals surface area contributed by atoms with E-state index in [-0.39, 0.29) is 12.4 Å². The van der Waals surface area contributed by atoms with Crippen molar-refractivity contribution in [3.63, 3.8) is 0 Å². The van der Waals surface area contributed by atoms with E-state index in [2.05, 4.69) is 27.3 Å². The van der Waals surface area contributed by atoms with Gasteiger partial charge in [-0.25, -0.2) is 9.13 Å². The maximum atomic E-state index is 5.37. The molecule has 6 nitrogen and oxygen atoms in total. The Morgan fingerprint density at radius 1 is 1.09 bits per heavy atom. The molecule has 0 spiro atoms. The molecule has 1 saturated heterocycles. The standard InChI is InChI=1S/C15H20N5O.ClH/c1-18-7-8-19(2)15(18)17-16-13-3-5-14(6-4-13)20-9-11-21-12-10-20;/h3-8H,9-12H2,1-2H3;1H/q+1;/p-1. The largest absolute Gasteiger partial charge is 1.00 e. The van der Waals surface area contributed by atoms with Gasteiger partial charge in [0.15, 0.2) is 0 Å². The Bertz CT molecular complexity index is 612. The average Bonchev–Trinajstić information content (AvgIpc) is 2.85. The second kappa shape index (κ2) is 7.38. The summed E-state index contributed by atoms with van der Waals surface area (Å²) >= 11 is 0. The Labute approximate surface area is 136 Å². The molecule has 2 heterocycles. The van der Waals surface area contributed by atoms with E-state index in [1.54, 1.807) is 0 Å². The van der Waals surface area contributed by atoms with Crippen LogP contribution in [0.5, 0.6) is 0 Å². The number of ether oxygens (including phenoxy) is 1. The van der Waals surface area contributed by atoms with Crippen molar-refractivity contribution in [2.24, 2.45) is 24.3 Å². The topological polar surface area (TPSA) is 46.0 Å². The molecule has 0 amide bonds. The lowest BCUT2D eigenvalue weighted by atomic mass is 10.2. The number of hydrogen-bond acceptors (Lipinski definition) is 4. The molecule has 3 rings (SSSR count). The third-order valence-electron chi connectivity index (χ3n) is 3.63. The molecule has 1 aliphatic heterocycles. The van der Waals surface area contributed by atoms with Gasteiger partial charge in [0.1, 0.15) is 5.69 Å². The minimum atomic E-state index is 0. The minimum absolute atomic E-state index is 0. The zero-order chi connectivity index (χ0) is 14.7. The number of aromatic nitrogens is 2. The monoisotopic (exact) mass is 321 g/mol. The first kappa shape index (κ1) is 16.5. The van der Waals surface area contributed by atoms with Gasteiger partial charge < -0.3 is 22.0 Å². The fourth-order valence-corrected chi connectivity index (χ4v) is 2.38. The summed E-state index contributed by atoms with van der Waals surface area (Å²) in [6.45, 7) is 3.48. The fourth-order valence-electron chi connectivity index (χ4n) is 2.38. The number of benzene rings is 1. The molecule has 0 aliphatic carbocycles. The molecule has 1 fully saturated rings. The Morgan fingerprint density at radius 3 is 2.36 bits per heavy atom. The Balaban J connectivity index is 0.00000176. The highest BCUT2D eigenvalue weighted by Gasteiger charge is 2.12. The van der Waals surface area contributed by atoms with Gasteiger partial charge in [-0.3, -0.25) is 0 Å². The van der Waals surface area contributed by atoms with E-state index in [4.69, 9.17) is 4.74 Å². The highest BCUT2D eigenvalue weighted by molar-refractivity contribution is 5.52. The van der Waals surface area contributed by atoms with Gasteiger partial charge >= 0.3 is 5.95 Å². The van der Waals surface area contributed by atoms with Crippen LogP contribution in [-0.2, 0) is 18.8 Å². The van der Waals surface area contributed by atoms with E-state index >= 15 is 0 Å². The summed E-state index contributed by atoms with van der Waals surface area (Å²) in [6.07, 6.45) is 3.91. The van der Waals surface area contributed by atoms with E-state index in [0.29, 0.717) is 0 Å². The maximum Gasteiger partial charge on any atom is 0.421 e. The molecular formula is C15H20ClN5O. The molecule has 1 aliphatic rings. The van der Waals surface area contributed by atoms with Crippen molar-refractivity contribution in [1.29, 1.82) is 0 Å². The third-order valence-corrected chi connectivity index (χ3v) is 3.63. The minimum Gasteiger partial charge on any atom is -1.00 e. The lowest BCUT2D eigenvalue weighted by molar-refractivity contribution is -0.657. The zero-order valence-corrected chi connectivity index (χ0v) is 13.6. The first-order valence-electron chi connectivity index (χ1n) is 7.09. The Morgan fingerprint density at radius 2 is 1.77 bits per heavy atom. The normalized spacial score (nSPS) is 15.1. The van der Waals surface area contributed by atoms with Crippen molar-refractivity contribution >= 4 is 17.3 Å². The first-order valence-corrected chi connectivity index (χ1v) is 7.09. The highest BCUT2D eigenvalue weighted by atomic mass is 35.5. The summed E-state index contributed by atoms with van der Waals surface area (Å²) in [6, 6.07) is 8.17. The first-order chi connectivity index (χ1) is 10.2. The molecule has 1 aromatic heterocycles. The van der Waals surface area contributed by atoms with Crippen molar-refractivity contribution in [3.05, 3.63) is 36.7 Å². The van der Waals surface area contributed by atoms with Crippen LogP contribution < -0.4 is 21.9 Å². The molecule has 2 aromatic rings. The summed E-state index contributed by atoms with van der Waals surface area (Å²) in [7, 11) is 3.91. The Hall–Kier alpha value is -1.92. The number of nitrogens with zero attached hydrogens (tertiary/aromatic N) is 5. The lowest BCUT2D eigenvalue weighted by Crippen LogP contribution is -3.00. The smallest absolute Gasteiger partial charge is 0.421 e. The summed E-state index contributed by atoms with van der Waals surface area (Å²) < 4.78 is 9.24. The molecule has 0 radical (unpaired) electrons. The number of morpholine rings is 1. The third kappa shape index (κ3) is 3.64. The van der Waals surface area contributed by atoms with Crippen LogP contribution in [0.15, 0.2) is 46.9 Å². The van der Waals surface area contributed by atoms with Crippen molar-refractivity contribution < 1.29 is 21.7 Å². The van der Waals surface area contributed by atoms with Gasteiger partial charge in [0, 0.05) is 23.9 Å². The summed E-state index contributed by atoms with van der Waals surface area (Å²) in [5, 5.41) is 8.59. The molecule has 1 aromatic carbocycles. The molecule has 0 unspecified atom stereocenters. The van der Waals surface area contributed by atoms with Crippen molar-refractivity contribution in [3.8, 4) is 0 Å². The van der Waals surface area contributed by atoms with Crippen LogP contribution in [0.1, 0.15) is 0 Å². The van der Waals surface area contributed by atoms with Crippen LogP contribution in [0.2, 0.25) is 0 Å². The van der Waals surface area contributed by atoms with Crippen LogP contribution in [-0.4, -0.2) is 30.9 Å². The van der Waals surface area contributed by atoms with Crippen LogP contribution >= 0.6 is 0 Å². The fraction of sp³-hybridized carbons (Fsp3) is 0.400. The highest BCUT2D eigenvalue weighted by Crippen LogP contribution is 2.21. The predicted molar refractivity (Wildman–Crippen MR) is 80.2 cm³/mol. The molecule has 0 atom stereocenters. The van der Waals surface area contributed by atoms with Crippen LogP contribution in [0.25, 0.3) is 0 Å². The van der Waals surface area contributed by atoms with E-state index in [1.165, 1.54) is 5.69 Å². The predicted octanol–water partition coefficient (Wildman–Crippen LogP) is -0.894. The summed E-state index contributed by atoms with van der Waals surface area (Å²) in [5.41, 5.74) is 2.06. The maximum absolute atomic E-state index is 5.37. The van der Waals surface area contributed by atoms with E-state index in [0.717, 1.165) is 37.9 Å². The molecular weight excluding hydrogens is 302 g/mol.